The molecule has 3 heteroatoms. The topological polar surface area (TPSA) is 63.3 Å². The van der Waals surface area contributed by atoms with Crippen LogP contribution in [-0.4, -0.2) is 17.1 Å². The third kappa shape index (κ3) is 6.16. The monoisotopic (exact) mass is 173 g/mol. The second kappa shape index (κ2) is 6.00. The summed E-state index contributed by atoms with van der Waals surface area (Å²) in [4.78, 5) is 10.3. The van der Waals surface area contributed by atoms with Crippen molar-refractivity contribution in [3.8, 4) is 0 Å². The van der Waals surface area contributed by atoms with Crippen LogP contribution in [0.5, 0.6) is 0 Å². The molecule has 0 rings (SSSR count). The fourth-order valence-electron chi connectivity index (χ4n) is 1.10. The van der Waals surface area contributed by atoms with Gasteiger partial charge in [-0.05, 0) is 25.2 Å². The predicted octanol–water partition coefficient (Wildman–Crippen LogP) is 1.61. The molecule has 72 valence electrons. The second-order valence-corrected chi connectivity index (χ2v) is 3.45. The van der Waals surface area contributed by atoms with Gasteiger partial charge in [0, 0.05) is 12.5 Å². The van der Waals surface area contributed by atoms with Crippen LogP contribution < -0.4 is 5.73 Å². The molecule has 0 aliphatic carbocycles. The van der Waals surface area contributed by atoms with Crippen molar-refractivity contribution in [3.05, 3.63) is 0 Å². The number of carbonyl (C=O) groups is 1. The third-order valence-electron chi connectivity index (χ3n) is 2.08. The summed E-state index contributed by atoms with van der Waals surface area (Å²) in [6.45, 7) is 4.00. The largest absolute Gasteiger partial charge is 0.481 e. The Morgan fingerprint density at radius 1 is 1.50 bits per heavy atom. The molecule has 0 radical (unpaired) electrons. The highest BCUT2D eigenvalue weighted by Gasteiger charge is 2.08. The van der Waals surface area contributed by atoms with E-state index >= 15 is 0 Å². The molecular weight excluding hydrogens is 154 g/mol. The third-order valence-corrected chi connectivity index (χ3v) is 2.08. The lowest BCUT2D eigenvalue weighted by Gasteiger charge is -2.11. The standard InChI is InChI=1S/C9H19NO2/c1-3-8(10)5-4-7(2)6-9(11)12/h7-8H,3-6,10H2,1-2H3,(H,11,12). The molecule has 12 heavy (non-hydrogen) atoms. The van der Waals surface area contributed by atoms with Crippen LogP contribution in [0, 0.1) is 5.92 Å². The summed E-state index contributed by atoms with van der Waals surface area (Å²) in [6.07, 6.45) is 3.09. The number of nitrogens with two attached hydrogens (primary N) is 1. The maximum absolute atomic E-state index is 10.3. The van der Waals surface area contributed by atoms with Crippen LogP contribution in [0.2, 0.25) is 0 Å². The van der Waals surface area contributed by atoms with Crippen LogP contribution in [0.25, 0.3) is 0 Å². The van der Waals surface area contributed by atoms with E-state index in [9.17, 15) is 4.79 Å². The van der Waals surface area contributed by atoms with Crippen LogP contribution in [-0.2, 0) is 4.79 Å². The van der Waals surface area contributed by atoms with Gasteiger partial charge in [-0.3, -0.25) is 4.79 Å². The van der Waals surface area contributed by atoms with Gasteiger partial charge in [0.2, 0.25) is 0 Å². The van der Waals surface area contributed by atoms with Crippen LogP contribution >= 0.6 is 0 Å². The molecule has 0 saturated heterocycles. The van der Waals surface area contributed by atoms with E-state index in [1.807, 2.05) is 13.8 Å². The van der Waals surface area contributed by atoms with Gasteiger partial charge in [0.15, 0.2) is 0 Å². The SMILES string of the molecule is CCC(N)CCC(C)CC(=O)O. The summed E-state index contributed by atoms with van der Waals surface area (Å²) in [5.74, 6) is -0.465. The summed E-state index contributed by atoms with van der Waals surface area (Å²) < 4.78 is 0. The molecule has 0 spiro atoms. The van der Waals surface area contributed by atoms with Crippen molar-refractivity contribution in [1.82, 2.24) is 0 Å². The van der Waals surface area contributed by atoms with Crippen molar-refractivity contribution in [2.75, 3.05) is 0 Å². The molecule has 0 aromatic carbocycles. The molecule has 0 amide bonds. The molecule has 2 atom stereocenters. The normalized spacial score (nSPS) is 15.6. The molecule has 0 fully saturated rings. The van der Waals surface area contributed by atoms with Gasteiger partial charge < -0.3 is 10.8 Å². The maximum atomic E-state index is 10.3. The lowest BCUT2D eigenvalue weighted by atomic mass is 9.98. The number of rotatable bonds is 6. The average Bonchev–Trinajstić information content (AvgIpc) is 1.99. The minimum absolute atomic E-state index is 0.237. The summed E-state index contributed by atoms with van der Waals surface area (Å²) in [6, 6.07) is 0.237. The second-order valence-electron chi connectivity index (χ2n) is 3.45. The highest BCUT2D eigenvalue weighted by atomic mass is 16.4. The summed E-state index contributed by atoms with van der Waals surface area (Å²) in [7, 11) is 0. The molecule has 0 heterocycles. The average molecular weight is 173 g/mol. The first-order valence-corrected chi connectivity index (χ1v) is 4.53. The number of carboxylic acids is 1. The summed E-state index contributed by atoms with van der Waals surface area (Å²) >= 11 is 0. The molecule has 0 aromatic rings. The van der Waals surface area contributed by atoms with E-state index in [0.717, 1.165) is 19.3 Å². The Morgan fingerprint density at radius 2 is 2.08 bits per heavy atom. The minimum Gasteiger partial charge on any atom is -0.481 e. The van der Waals surface area contributed by atoms with Crippen molar-refractivity contribution >= 4 is 5.97 Å². The van der Waals surface area contributed by atoms with Gasteiger partial charge in [0.1, 0.15) is 0 Å². The minimum atomic E-state index is -0.715. The first-order chi connectivity index (χ1) is 5.56. The predicted molar refractivity (Wildman–Crippen MR) is 48.9 cm³/mol. The molecule has 0 aliphatic heterocycles. The Balaban J connectivity index is 3.43. The Kier molecular flexibility index (Phi) is 5.72. The van der Waals surface area contributed by atoms with E-state index in [2.05, 4.69) is 0 Å². The number of hydrogen-bond donors (Lipinski definition) is 2. The Labute approximate surface area is 74.0 Å². The van der Waals surface area contributed by atoms with Gasteiger partial charge in [-0.1, -0.05) is 13.8 Å². The van der Waals surface area contributed by atoms with Gasteiger partial charge in [-0.25, -0.2) is 0 Å². The van der Waals surface area contributed by atoms with E-state index in [4.69, 9.17) is 10.8 Å². The first-order valence-electron chi connectivity index (χ1n) is 4.53. The van der Waals surface area contributed by atoms with E-state index < -0.39 is 5.97 Å². The molecule has 0 bridgehead atoms. The Bertz CT molecular complexity index is 136. The van der Waals surface area contributed by atoms with Gasteiger partial charge in [0.25, 0.3) is 0 Å². The lowest BCUT2D eigenvalue weighted by molar-refractivity contribution is -0.138. The zero-order valence-electron chi connectivity index (χ0n) is 7.92. The lowest BCUT2D eigenvalue weighted by Crippen LogP contribution is -2.19. The number of aliphatic carboxylic acids is 1. The fraction of sp³-hybridized carbons (Fsp3) is 0.889. The van der Waals surface area contributed by atoms with Crippen LogP contribution in [0.3, 0.4) is 0 Å². The van der Waals surface area contributed by atoms with E-state index in [0.29, 0.717) is 0 Å². The number of hydrogen-bond acceptors (Lipinski definition) is 2. The molecule has 0 aliphatic rings. The first kappa shape index (κ1) is 11.4. The quantitative estimate of drug-likeness (QED) is 0.641. The van der Waals surface area contributed by atoms with Gasteiger partial charge >= 0.3 is 5.97 Å². The van der Waals surface area contributed by atoms with Crippen LogP contribution in [0.15, 0.2) is 0 Å². The zero-order chi connectivity index (χ0) is 9.56. The maximum Gasteiger partial charge on any atom is 0.303 e. The summed E-state index contributed by atoms with van der Waals surface area (Å²) in [5.41, 5.74) is 5.70. The van der Waals surface area contributed by atoms with Crippen molar-refractivity contribution in [3.63, 3.8) is 0 Å². The van der Waals surface area contributed by atoms with Crippen molar-refractivity contribution < 1.29 is 9.90 Å². The van der Waals surface area contributed by atoms with Crippen LogP contribution in [0.1, 0.15) is 39.5 Å². The number of carboxylic acid groups (broad SMARTS) is 1. The van der Waals surface area contributed by atoms with Gasteiger partial charge in [-0.2, -0.15) is 0 Å². The van der Waals surface area contributed by atoms with E-state index in [-0.39, 0.29) is 18.4 Å². The smallest absolute Gasteiger partial charge is 0.303 e. The molecule has 0 aromatic heterocycles. The summed E-state index contributed by atoms with van der Waals surface area (Å²) in [5, 5.41) is 8.48. The molecule has 2 unspecified atom stereocenters. The van der Waals surface area contributed by atoms with Gasteiger partial charge in [0.05, 0.1) is 0 Å². The zero-order valence-corrected chi connectivity index (χ0v) is 7.92. The van der Waals surface area contributed by atoms with E-state index in [1.54, 1.807) is 0 Å². The molecule has 3 N–H and O–H groups in total. The van der Waals surface area contributed by atoms with Crippen molar-refractivity contribution in [2.45, 2.75) is 45.6 Å². The highest BCUT2D eigenvalue weighted by molar-refractivity contribution is 5.66. The van der Waals surface area contributed by atoms with Gasteiger partial charge in [-0.15, -0.1) is 0 Å². The Morgan fingerprint density at radius 3 is 2.50 bits per heavy atom. The van der Waals surface area contributed by atoms with E-state index in [1.165, 1.54) is 0 Å². The Hall–Kier alpha value is -0.570. The van der Waals surface area contributed by atoms with Crippen molar-refractivity contribution in [1.29, 1.82) is 0 Å². The highest BCUT2D eigenvalue weighted by Crippen LogP contribution is 2.12. The fourth-order valence-corrected chi connectivity index (χ4v) is 1.10. The van der Waals surface area contributed by atoms with Crippen LogP contribution in [0.4, 0.5) is 0 Å². The molecular formula is C9H19NO2. The molecule has 0 saturated carbocycles. The molecule has 3 nitrogen and oxygen atoms in total. The van der Waals surface area contributed by atoms with Crippen molar-refractivity contribution in [2.24, 2.45) is 11.7 Å².